The molecule has 13 heteroatoms. The van der Waals surface area contributed by atoms with Gasteiger partial charge in [-0.1, -0.05) is 78.6 Å². The largest absolute Gasteiger partial charge is 0.439 e. The van der Waals surface area contributed by atoms with Gasteiger partial charge in [-0.25, -0.2) is 14.8 Å². The second-order valence-corrected chi connectivity index (χ2v) is 12.6. The summed E-state index contributed by atoms with van der Waals surface area (Å²) < 4.78 is 18.4. The van der Waals surface area contributed by atoms with Crippen LogP contribution in [0.1, 0.15) is 50.1 Å². The van der Waals surface area contributed by atoms with E-state index in [-0.39, 0.29) is 17.7 Å². The average molecular weight is 634 g/mol. The molecule has 2 aromatic carbocycles. The highest BCUT2D eigenvalue weighted by molar-refractivity contribution is 5.91. The second-order valence-electron chi connectivity index (χ2n) is 12.6. The van der Waals surface area contributed by atoms with E-state index in [2.05, 4.69) is 60.9 Å². The molecule has 1 atom stereocenters. The summed E-state index contributed by atoms with van der Waals surface area (Å²) in [5.41, 5.74) is 4.74. The SMILES string of the molecule is Cc1nc(-c2cccc(-c3nc(-c4noc(=O)[nH]4)nc4nc(N5CCOC[C@H]5c5ccccc5)n(CC5CCC(C)CC5)c34)c2)no1. The van der Waals surface area contributed by atoms with Crippen LogP contribution >= 0.6 is 0 Å². The fourth-order valence-corrected chi connectivity index (χ4v) is 6.84. The van der Waals surface area contributed by atoms with Gasteiger partial charge in [-0.05, 0) is 36.3 Å². The summed E-state index contributed by atoms with van der Waals surface area (Å²) in [5, 5.41) is 8.04. The number of benzene rings is 2. The molecule has 0 radical (unpaired) electrons. The van der Waals surface area contributed by atoms with Gasteiger partial charge in [-0.3, -0.25) is 9.51 Å². The van der Waals surface area contributed by atoms with Crippen LogP contribution in [0.4, 0.5) is 5.95 Å². The molecule has 6 aromatic rings. The van der Waals surface area contributed by atoms with Gasteiger partial charge < -0.3 is 18.7 Å². The van der Waals surface area contributed by atoms with Gasteiger partial charge in [0.15, 0.2) is 5.65 Å². The molecule has 1 aliphatic heterocycles. The molecule has 8 rings (SSSR count). The number of anilines is 1. The summed E-state index contributed by atoms with van der Waals surface area (Å²) in [7, 11) is 0. The number of fused-ring (bicyclic) bond motifs is 1. The predicted octanol–water partition coefficient (Wildman–Crippen LogP) is 5.60. The van der Waals surface area contributed by atoms with Crippen LogP contribution in [-0.4, -0.2) is 59.6 Å². The molecule has 13 nitrogen and oxygen atoms in total. The minimum atomic E-state index is -0.684. The van der Waals surface area contributed by atoms with Gasteiger partial charge in [0, 0.05) is 31.1 Å². The molecular weight excluding hydrogens is 598 g/mol. The Hall–Kier alpha value is -5.17. The van der Waals surface area contributed by atoms with E-state index in [1.165, 1.54) is 12.8 Å². The van der Waals surface area contributed by atoms with Crippen molar-refractivity contribution in [1.82, 2.24) is 39.8 Å². The van der Waals surface area contributed by atoms with E-state index in [0.29, 0.717) is 48.7 Å². The third kappa shape index (κ3) is 5.71. The lowest BCUT2D eigenvalue weighted by atomic mass is 9.83. The third-order valence-corrected chi connectivity index (χ3v) is 9.30. The number of imidazole rings is 1. The van der Waals surface area contributed by atoms with E-state index in [1.54, 1.807) is 6.92 Å². The first kappa shape index (κ1) is 29.2. The van der Waals surface area contributed by atoms with E-state index >= 15 is 0 Å². The molecule has 240 valence electrons. The van der Waals surface area contributed by atoms with Crippen LogP contribution < -0.4 is 10.7 Å². The van der Waals surface area contributed by atoms with Crippen molar-refractivity contribution in [2.45, 2.75) is 52.1 Å². The maximum absolute atomic E-state index is 12.0. The van der Waals surface area contributed by atoms with Crippen LogP contribution in [0.15, 0.2) is 68.4 Å². The van der Waals surface area contributed by atoms with Crippen molar-refractivity contribution in [2.24, 2.45) is 11.8 Å². The van der Waals surface area contributed by atoms with Gasteiger partial charge in [-0.15, -0.1) is 0 Å². The van der Waals surface area contributed by atoms with Crippen LogP contribution in [0, 0.1) is 18.8 Å². The zero-order valence-electron chi connectivity index (χ0n) is 26.3. The summed E-state index contributed by atoms with van der Waals surface area (Å²) in [6.45, 7) is 6.68. The summed E-state index contributed by atoms with van der Waals surface area (Å²) in [6.07, 6.45) is 4.70. The predicted molar refractivity (Wildman–Crippen MR) is 173 cm³/mol. The number of aromatic nitrogens is 8. The van der Waals surface area contributed by atoms with Gasteiger partial charge in [0.05, 0.1) is 19.3 Å². The first-order valence-electron chi connectivity index (χ1n) is 16.1. The second kappa shape index (κ2) is 12.2. The van der Waals surface area contributed by atoms with Crippen LogP contribution in [-0.2, 0) is 11.3 Å². The molecule has 1 aliphatic carbocycles. The Morgan fingerprint density at radius 2 is 1.72 bits per heavy atom. The van der Waals surface area contributed by atoms with Crippen molar-refractivity contribution in [3.63, 3.8) is 0 Å². The smallest absolute Gasteiger partial charge is 0.377 e. The normalized spacial score (nSPS) is 20.2. The third-order valence-electron chi connectivity index (χ3n) is 9.30. The number of rotatable bonds is 7. The Labute approximate surface area is 270 Å². The Morgan fingerprint density at radius 3 is 2.49 bits per heavy atom. The Morgan fingerprint density at radius 1 is 0.894 bits per heavy atom. The molecule has 1 saturated heterocycles. The van der Waals surface area contributed by atoms with Crippen molar-refractivity contribution in [3.8, 4) is 34.3 Å². The number of hydrogen-bond donors (Lipinski definition) is 1. The maximum atomic E-state index is 12.0. The topological polar surface area (TPSA) is 154 Å². The molecule has 0 spiro atoms. The summed E-state index contributed by atoms with van der Waals surface area (Å²) >= 11 is 0. The summed E-state index contributed by atoms with van der Waals surface area (Å²) in [6, 6.07) is 18.2. The van der Waals surface area contributed by atoms with Crippen LogP contribution in [0.5, 0.6) is 0 Å². The van der Waals surface area contributed by atoms with Crippen molar-refractivity contribution in [2.75, 3.05) is 24.7 Å². The first-order chi connectivity index (χ1) is 23.0. The first-order valence-corrected chi connectivity index (χ1v) is 16.1. The summed E-state index contributed by atoms with van der Waals surface area (Å²) in [4.78, 5) is 36.5. The molecule has 1 N–H and O–H groups in total. The number of morpholine rings is 1. The molecule has 4 aromatic heterocycles. The fourth-order valence-electron chi connectivity index (χ4n) is 6.84. The van der Waals surface area contributed by atoms with Gasteiger partial charge in [0.1, 0.15) is 11.2 Å². The highest BCUT2D eigenvalue weighted by Gasteiger charge is 2.32. The molecular formula is C34H35N9O4. The molecule has 0 amide bonds. The Kier molecular flexibility index (Phi) is 7.60. The number of nitrogens with one attached hydrogen (secondary N) is 1. The molecule has 47 heavy (non-hydrogen) atoms. The van der Waals surface area contributed by atoms with E-state index in [4.69, 9.17) is 28.7 Å². The van der Waals surface area contributed by atoms with Gasteiger partial charge in [0.25, 0.3) is 0 Å². The van der Waals surface area contributed by atoms with Crippen LogP contribution in [0.2, 0.25) is 0 Å². The zero-order valence-corrected chi connectivity index (χ0v) is 26.3. The molecule has 1 saturated carbocycles. The standard InChI is InChI=1S/C34H35N9O4/c1-20-11-13-22(14-12-20)18-43-28-27(24-9-6-10-25(17-24)29-35-21(2)46-40-29)36-31(32-39-34(44)47-41-32)37-30(28)38-33(43)42-15-16-45-19-26(42)23-7-4-3-5-8-23/h3-10,17,20,22,26H,11-16,18-19H2,1-2H3,(H,39,41,44)/t20?,22?,26-/m0/s1. The van der Waals surface area contributed by atoms with E-state index in [9.17, 15) is 4.79 Å². The van der Waals surface area contributed by atoms with Gasteiger partial charge in [-0.2, -0.15) is 9.97 Å². The Balaban J connectivity index is 1.35. The monoisotopic (exact) mass is 633 g/mol. The fraction of sp³-hybridized carbons (Fsp3) is 0.382. The quantitative estimate of drug-likeness (QED) is 0.234. The number of nitrogens with zero attached hydrogens (tertiary/aromatic N) is 8. The minimum absolute atomic E-state index is 0.0283. The zero-order chi connectivity index (χ0) is 31.9. The molecule has 0 unspecified atom stereocenters. The van der Waals surface area contributed by atoms with Crippen molar-refractivity contribution >= 4 is 17.1 Å². The average Bonchev–Trinajstić information content (AvgIpc) is 3.84. The number of aromatic amines is 1. The van der Waals surface area contributed by atoms with Crippen LogP contribution in [0.25, 0.3) is 45.5 Å². The van der Waals surface area contributed by atoms with Crippen molar-refractivity contribution in [3.05, 3.63) is 76.6 Å². The number of aryl methyl sites for hydroxylation is 1. The molecule has 2 aliphatic rings. The molecule has 5 heterocycles. The van der Waals surface area contributed by atoms with E-state index in [1.807, 2.05) is 30.3 Å². The number of ether oxygens (including phenoxy) is 1. The van der Waals surface area contributed by atoms with Crippen molar-refractivity contribution in [1.29, 1.82) is 0 Å². The highest BCUT2D eigenvalue weighted by atomic mass is 16.5. The maximum Gasteiger partial charge on any atom is 0.439 e. The Bertz CT molecular complexity index is 2070. The molecule has 2 fully saturated rings. The highest BCUT2D eigenvalue weighted by Crippen LogP contribution is 2.39. The lowest BCUT2D eigenvalue weighted by Crippen LogP contribution is -2.41. The van der Waals surface area contributed by atoms with E-state index < -0.39 is 5.76 Å². The number of H-pyrrole nitrogens is 1. The van der Waals surface area contributed by atoms with Crippen molar-refractivity contribution < 1.29 is 13.8 Å². The van der Waals surface area contributed by atoms with Crippen LogP contribution in [0.3, 0.4) is 0 Å². The van der Waals surface area contributed by atoms with Gasteiger partial charge >= 0.3 is 5.76 Å². The minimum Gasteiger partial charge on any atom is -0.377 e. The van der Waals surface area contributed by atoms with E-state index in [0.717, 1.165) is 53.5 Å². The van der Waals surface area contributed by atoms with Gasteiger partial charge in [0.2, 0.25) is 29.3 Å². The summed E-state index contributed by atoms with van der Waals surface area (Å²) in [5.74, 6) is 2.66. The number of hydrogen-bond acceptors (Lipinski definition) is 11. The molecule has 0 bridgehead atoms. The lowest BCUT2D eigenvalue weighted by molar-refractivity contribution is 0.0927. The lowest BCUT2D eigenvalue weighted by Gasteiger charge is -2.37.